The van der Waals surface area contributed by atoms with Crippen molar-refractivity contribution in [3.05, 3.63) is 27.0 Å². The van der Waals surface area contributed by atoms with Crippen molar-refractivity contribution in [1.29, 1.82) is 0 Å². The van der Waals surface area contributed by atoms with Gasteiger partial charge in [0.1, 0.15) is 5.69 Å². The number of nitrogens with zero attached hydrogens (tertiary/aromatic N) is 2. The van der Waals surface area contributed by atoms with Crippen LogP contribution >= 0.6 is 11.6 Å². The van der Waals surface area contributed by atoms with Crippen molar-refractivity contribution in [2.45, 2.75) is 19.4 Å². The summed E-state index contributed by atoms with van der Waals surface area (Å²) in [5, 5.41) is 13.9. The van der Waals surface area contributed by atoms with E-state index in [9.17, 15) is 10.1 Å². The van der Waals surface area contributed by atoms with E-state index in [1.54, 1.807) is 27.2 Å². The van der Waals surface area contributed by atoms with Gasteiger partial charge in [0.15, 0.2) is 0 Å². The number of nitrogens with one attached hydrogen (secondary N) is 1. The molecule has 7 nitrogen and oxygen atoms in total. The Morgan fingerprint density at radius 1 is 1.55 bits per heavy atom. The molecule has 0 aliphatic carbocycles. The highest BCUT2D eigenvalue weighted by Gasteiger charge is 2.21. The van der Waals surface area contributed by atoms with E-state index in [0.717, 1.165) is 0 Å². The third-order valence-electron chi connectivity index (χ3n) is 2.73. The van der Waals surface area contributed by atoms with Gasteiger partial charge in [-0.05, 0) is 19.4 Å². The van der Waals surface area contributed by atoms with Gasteiger partial charge in [0, 0.05) is 26.5 Å². The fourth-order valence-corrected chi connectivity index (χ4v) is 2.06. The predicted molar refractivity (Wildman–Crippen MR) is 76.4 cm³/mol. The minimum atomic E-state index is -0.542. The number of hydrogen-bond acceptors (Lipinski definition) is 6. The van der Waals surface area contributed by atoms with Crippen LogP contribution in [0.25, 0.3) is 0 Å². The summed E-state index contributed by atoms with van der Waals surface area (Å²) in [4.78, 5) is 14.3. The fraction of sp³-hybridized carbons (Fsp3) is 0.583. The maximum Gasteiger partial charge on any atom is 0.329 e. The molecular formula is C12H18ClN3O4. The Balaban J connectivity index is 2.74. The smallest absolute Gasteiger partial charge is 0.329 e. The first-order chi connectivity index (χ1) is 9.49. The van der Waals surface area contributed by atoms with Crippen LogP contribution in [0.1, 0.15) is 12.1 Å². The van der Waals surface area contributed by atoms with Gasteiger partial charge in [0.25, 0.3) is 0 Å². The summed E-state index contributed by atoms with van der Waals surface area (Å²) in [5.74, 6) is 0. The first kappa shape index (κ1) is 16.6. The molecule has 0 spiro atoms. The lowest BCUT2D eigenvalue weighted by Gasteiger charge is -2.15. The van der Waals surface area contributed by atoms with E-state index in [0.29, 0.717) is 31.0 Å². The molecule has 0 bridgehead atoms. The maximum absolute atomic E-state index is 11.0. The minimum Gasteiger partial charge on any atom is -0.382 e. The summed E-state index contributed by atoms with van der Waals surface area (Å²) in [6.07, 6.45) is 0.588. The summed E-state index contributed by atoms with van der Waals surface area (Å²) in [5.41, 5.74) is 0.765. The normalized spacial score (nSPS) is 12.2. The van der Waals surface area contributed by atoms with Gasteiger partial charge in [-0.25, -0.2) is 4.98 Å². The topological polar surface area (TPSA) is 86.5 Å². The van der Waals surface area contributed by atoms with Gasteiger partial charge >= 0.3 is 5.69 Å². The molecule has 1 aromatic heterocycles. The lowest BCUT2D eigenvalue weighted by atomic mass is 10.2. The second-order valence-corrected chi connectivity index (χ2v) is 4.59. The summed E-state index contributed by atoms with van der Waals surface area (Å²) in [6, 6.07) is 1.60. The van der Waals surface area contributed by atoms with E-state index in [1.807, 2.05) is 0 Å². The van der Waals surface area contributed by atoms with Crippen molar-refractivity contribution < 1.29 is 14.4 Å². The average molecular weight is 304 g/mol. The van der Waals surface area contributed by atoms with E-state index in [-0.39, 0.29) is 16.9 Å². The molecule has 8 heteroatoms. The first-order valence-electron chi connectivity index (χ1n) is 6.06. The molecule has 0 aromatic carbocycles. The number of hydrogen-bond donors (Lipinski definition) is 1. The van der Waals surface area contributed by atoms with Gasteiger partial charge in [0.05, 0.1) is 17.6 Å². The first-order valence-corrected chi connectivity index (χ1v) is 6.44. The summed E-state index contributed by atoms with van der Waals surface area (Å²) in [6.45, 7) is 2.70. The van der Waals surface area contributed by atoms with Crippen LogP contribution in [0.2, 0.25) is 5.15 Å². The van der Waals surface area contributed by atoms with Gasteiger partial charge in [-0.2, -0.15) is 0 Å². The van der Waals surface area contributed by atoms with Gasteiger partial charge in [-0.15, -0.1) is 0 Å². The number of aromatic nitrogens is 1. The van der Waals surface area contributed by atoms with E-state index >= 15 is 0 Å². The van der Waals surface area contributed by atoms with Crippen molar-refractivity contribution in [3.8, 4) is 0 Å². The molecule has 1 rings (SSSR count). The molecule has 1 unspecified atom stereocenters. The molecule has 1 N–H and O–H groups in total. The molecule has 1 atom stereocenters. The largest absolute Gasteiger partial charge is 0.382 e. The van der Waals surface area contributed by atoms with Gasteiger partial charge in [-0.1, -0.05) is 11.6 Å². The Morgan fingerprint density at radius 2 is 2.25 bits per heavy atom. The zero-order chi connectivity index (χ0) is 15.1. The summed E-state index contributed by atoms with van der Waals surface area (Å²) < 4.78 is 10.2. The SMILES string of the molecule is COCC(CCNc1cc(C)nc(Cl)c1[N+](=O)[O-])OC. The molecule has 0 saturated carbocycles. The van der Waals surface area contributed by atoms with Crippen LogP contribution in [0.5, 0.6) is 0 Å². The zero-order valence-electron chi connectivity index (χ0n) is 11.7. The average Bonchev–Trinajstić information content (AvgIpc) is 2.36. The number of anilines is 1. The third-order valence-corrected chi connectivity index (χ3v) is 2.99. The zero-order valence-corrected chi connectivity index (χ0v) is 12.4. The molecule has 1 aromatic rings. The van der Waals surface area contributed by atoms with Crippen molar-refractivity contribution in [3.63, 3.8) is 0 Å². The quantitative estimate of drug-likeness (QED) is 0.451. The second-order valence-electron chi connectivity index (χ2n) is 4.24. The monoisotopic (exact) mass is 303 g/mol. The van der Waals surface area contributed by atoms with Crippen molar-refractivity contribution >= 4 is 23.0 Å². The summed E-state index contributed by atoms with van der Waals surface area (Å²) in [7, 11) is 3.19. The molecule has 0 aliphatic rings. The predicted octanol–water partition coefficient (Wildman–Crippen LogP) is 2.42. The molecule has 112 valence electrons. The van der Waals surface area contributed by atoms with E-state index in [2.05, 4.69) is 10.3 Å². The Labute approximate surface area is 122 Å². The van der Waals surface area contributed by atoms with Crippen molar-refractivity contribution in [2.75, 3.05) is 32.7 Å². The third kappa shape index (κ3) is 4.59. The van der Waals surface area contributed by atoms with Gasteiger partial charge in [-0.3, -0.25) is 10.1 Å². The molecule has 1 heterocycles. The summed E-state index contributed by atoms with van der Waals surface area (Å²) >= 11 is 5.81. The molecule has 0 fully saturated rings. The minimum absolute atomic E-state index is 0.0648. The van der Waals surface area contributed by atoms with Gasteiger partial charge in [0.2, 0.25) is 5.15 Å². The van der Waals surface area contributed by atoms with Crippen molar-refractivity contribution in [1.82, 2.24) is 4.98 Å². The molecular weight excluding hydrogens is 286 g/mol. The second kappa shape index (κ2) is 7.98. The number of nitro groups is 1. The van der Waals surface area contributed by atoms with Crippen LogP contribution in [0.4, 0.5) is 11.4 Å². The van der Waals surface area contributed by atoms with E-state index in [4.69, 9.17) is 21.1 Å². The van der Waals surface area contributed by atoms with Crippen molar-refractivity contribution in [2.24, 2.45) is 0 Å². The molecule has 0 aliphatic heterocycles. The van der Waals surface area contributed by atoms with Crippen LogP contribution in [-0.4, -0.2) is 43.4 Å². The van der Waals surface area contributed by atoms with Crippen LogP contribution < -0.4 is 5.32 Å². The number of methoxy groups -OCH3 is 2. The molecule has 0 radical (unpaired) electrons. The number of halogens is 1. The maximum atomic E-state index is 11.0. The van der Waals surface area contributed by atoms with E-state index < -0.39 is 4.92 Å². The van der Waals surface area contributed by atoms with Crippen LogP contribution in [0, 0.1) is 17.0 Å². The number of aryl methyl sites for hydroxylation is 1. The lowest BCUT2D eigenvalue weighted by Crippen LogP contribution is -2.21. The molecule has 20 heavy (non-hydrogen) atoms. The Hall–Kier alpha value is -1.44. The Kier molecular flexibility index (Phi) is 6.63. The standard InChI is InChI=1S/C12H18ClN3O4/c1-8-6-10(11(16(17)18)12(13)15-8)14-5-4-9(20-3)7-19-2/h6,9H,4-5,7H2,1-3H3,(H,14,15). The Bertz CT molecular complexity index is 470. The van der Waals surface area contributed by atoms with Crippen LogP contribution in [0.15, 0.2) is 6.07 Å². The lowest BCUT2D eigenvalue weighted by molar-refractivity contribution is -0.384. The number of ether oxygens (including phenoxy) is 2. The van der Waals surface area contributed by atoms with Crippen LogP contribution in [0.3, 0.4) is 0 Å². The number of rotatable bonds is 8. The highest BCUT2D eigenvalue weighted by atomic mass is 35.5. The molecule has 0 saturated heterocycles. The Morgan fingerprint density at radius 3 is 2.80 bits per heavy atom. The molecule has 0 amide bonds. The van der Waals surface area contributed by atoms with Gasteiger partial charge < -0.3 is 14.8 Å². The fourth-order valence-electron chi connectivity index (χ4n) is 1.76. The van der Waals surface area contributed by atoms with E-state index in [1.165, 1.54) is 0 Å². The number of pyridine rings is 1. The highest BCUT2D eigenvalue weighted by molar-refractivity contribution is 6.32. The highest BCUT2D eigenvalue weighted by Crippen LogP contribution is 2.31. The van der Waals surface area contributed by atoms with Crippen LogP contribution in [-0.2, 0) is 9.47 Å².